The van der Waals surface area contributed by atoms with E-state index in [1.807, 2.05) is 18.2 Å². The van der Waals surface area contributed by atoms with E-state index in [4.69, 9.17) is 4.74 Å². The molecule has 0 saturated carbocycles. The summed E-state index contributed by atoms with van der Waals surface area (Å²) in [5, 5.41) is 0. The predicted octanol–water partition coefficient (Wildman–Crippen LogP) is 1.10. The van der Waals surface area contributed by atoms with Crippen molar-refractivity contribution in [3.63, 3.8) is 0 Å². The summed E-state index contributed by atoms with van der Waals surface area (Å²) in [6.07, 6.45) is 0. The number of rotatable bonds is 6. The van der Waals surface area contributed by atoms with Crippen molar-refractivity contribution >= 4 is 21.4 Å². The number of aromatic nitrogens is 1. The van der Waals surface area contributed by atoms with Crippen molar-refractivity contribution in [3.05, 3.63) is 45.7 Å². The minimum absolute atomic E-state index is 0.0159. The first-order chi connectivity index (χ1) is 9.49. The highest BCUT2D eigenvalue weighted by molar-refractivity contribution is 7.91. The Kier molecular flexibility index (Phi) is 4.58. The smallest absolute Gasteiger partial charge is 0.305 e. The van der Waals surface area contributed by atoms with Crippen LogP contribution in [-0.4, -0.2) is 26.6 Å². The Morgan fingerprint density at radius 1 is 1.30 bits per heavy atom. The van der Waals surface area contributed by atoms with Crippen molar-refractivity contribution < 1.29 is 13.2 Å². The molecule has 1 aromatic carbocycles. The van der Waals surface area contributed by atoms with Crippen LogP contribution < -0.4 is 14.3 Å². The predicted molar refractivity (Wildman–Crippen MR) is 76.8 cm³/mol. The number of aromatic amines is 1. The van der Waals surface area contributed by atoms with Crippen molar-refractivity contribution in [2.24, 2.45) is 0 Å². The van der Waals surface area contributed by atoms with Gasteiger partial charge in [-0.15, -0.1) is 0 Å². The molecular weight excluding hydrogens is 300 g/mol. The quantitative estimate of drug-likeness (QED) is 0.782. The molecule has 1 aromatic heterocycles. The minimum atomic E-state index is -3.67. The van der Waals surface area contributed by atoms with Crippen LogP contribution in [-0.2, 0) is 10.0 Å². The standard InChI is InChI=1S/C12H14N2O4S2/c1-9-11(19-12(15)14-9)20(16,17)13-7-8-18-10-5-3-2-4-6-10/h2-6,13H,7-8H2,1H3,(H,14,15). The highest BCUT2D eigenvalue weighted by Crippen LogP contribution is 2.15. The van der Waals surface area contributed by atoms with Crippen LogP contribution in [0, 0.1) is 6.92 Å². The number of ether oxygens (including phenoxy) is 1. The van der Waals surface area contributed by atoms with Gasteiger partial charge in [0.2, 0.25) is 0 Å². The van der Waals surface area contributed by atoms with Gasteiger partial charge in [-0.05, 0) is 19.1 Å². The second-order valence-corrected chi connectivity index (χ2v) is 6.93. The van der Waals surface area contributed by atoms with Crippen LogP contribution in [0.25, 0.3) is 0 Å². The van der Waals surface area contributed by atoms with Gasteiger partial charge < -0.3 is 9.72 Å². The molecule has 0 spiro atoms. The molecule has 0 aliphatic heterocycles. The van der Waals surface area contributed by atoms with E-state index >= 15 is 0 Å². The minimum Gasteiger partial charge on any atom is -0.492 e. The van der Waals surface area contributed by atoms with Gasteiger partial charge in [-0.1, -0.05) is 29.5 Å². The molecule has 0 aliphatic rings. The Labute approximate surface area is 120 Å². The van der Waals surface area contributed by atoms with E-state index in [1.54, 1.807) is 19.1 Å². The average molecular weight is 314 g/mol. The SMILES string of the molecule is Cc1[nH]c(=O)sc1S(=O)(=O)NCCOc1ccccc1. The monoisotopic (exact) mass is 314 g/mol. The van der Waals surface area contributed by atoms with Gasteiger partial charge in [0.1, 0.15) is 12.4 Å². The van der Waals surface area contributed by atoms with Crippen LogP contribution in [0.5, 0.6) is 5.75 Å². The molecule has 0 atom stereocenters. The molecule has 6 nitrogen and oxygen atoms in total. The Balaban J connectivity index is 1.90. The lowest BCUT2D eigenvalue weighted by atomic mass is 10.3. The first kappa shape index (κ1) is 14.8. The zero-order valence-electron chi connectivity index (χ0n) is 10.8. The molecule has 0 saturated heterocycles. The van der Waals surface area contributed by atoms with E-state index in [-0.39, 0.29) is 22.2 Å². The molecule has 0 bridgehead atoms. The van der Waals surface area contributed by atoms with E-state index in [0.29, 0.717) is 22.8 Å². The van der Waals surface area contributed by atoms with Crippen LogP contribution >= 0.6 is 11.3 Å². The molecule has 0 aliphatic carbocycles. The van der Waals surface area contributed by atoms with Crippen molar-refractivity contribution in [2.45, 2.75) is 11.1 Å². The fraction of sp³-hybridized carbons (Fsp3) is 0.250. The summed E-state index contributed by atoms with van der Waals surface area (Å²) in [5.74, 6) is 0.675. The molecule has 8 heteroatoms. The summed E-state index contributed by atoms with van der Waals surface area (Å²) in [5.41, 5.74) is 0.344. The Morgan fingerprint density at radius 2 is 2.00 bits per heavy atom. The van der Waals surface area contributed by atoms with Crippen LogP contribution in [0.1, 0.15) is 5.69 Å². The maximum atomic E-state index is 12.0. The number of para-hydroxylation sites is 1. The van der Waals surface area contributed by atoms with Gasteiger partial charge in [0.25, 0.3) is 10.0 Å². The number of H-pyrrole nitrogens is 1. The fourth-order valence-corrected chi connectivity index (χ4v) is 3.93. The first-order valence-electron chi connectivity index (χ1n) is 5.86. The lowest BCUT2D eigenvalue weighted by Crippen LogP contribution is -2.28. The lowest BCUT2D eigenvalue weighted by molar-refractivity contribution is 0.323. The molecule has 108 valence electrons. The summed E-state index contributed by atoms with van der Waals surface area (Å²) in [7, 11) is -3.67. The molecule has 2 N–H and O–H groups in total. The van der Waals surface area contributed by atoms with Crippen molar-refractivity contribution in [2.75, 3.05) is 13.2 Å². The van der Waals surface area contributed by atoms with Crippen molar-refractivity contribution in [3.8, 4) is 5.75 Å². The van der Waals surface area contributed by atoms with Crippen LogP contribution in [0.2, 0.25) is 0 Å². The Bertz CT molecular complexity index is 719. The van der Waals surface area contributed by atoms with Crippen molar-refractivity contribution in [1.82, 2.24) is 9.71 Å². The summed E-state index contributed by atoms with van der Waals surface area (Å²) in [6.45, 7) is 1.89. The topological polar surface area (TPSA) is 88.3 Å². The highest BCUT2D eigenvalue weighted by atomic mass is 32.2. The number of hydrogen-bond acceptors (Lipinski definition) is 5. The zero-order valence-corrected chi connectivity index (χ0v) is 12.4. The normalized spacial score (nSPS) is 11.4. The molecule has 1 heterocycles. The van der Waals surface area contributed by atoms with Gasteiger partial charge >= 0.3 is 4.87 Å². The third kappa shape index (κ3) is 3.69. The number of benzene rings is 1. The number of thiazole rings is 1. The molecule has 0 radical (unpaired) electrons. The fourth-order valence-electron chi connectivity index (χ4n) is 1.57. The zero-order chi connectivity index (χ0) is 14.6. The number of aryl methyl sites for hydroxylation is 1. The van der Waals surface area contributed by atoms with Gasteiger partial charge in [-0.25, -0.2) is 13.1 Å². The summed E-state index contributed by atoms with van der Waals surface area (Å²) in [4.78, 5) is 13.2. The van der Waals surface area contributed by atoms with Gasteiger partial charge in [0.05, 0.1) is 0 Å². The van der Waals surface area contributed by atoms with Crippen LogP contribution in [0.15, 0.2) is 39.3 Å². The Hall–Kier alpha value is -1.64. The van der Waals surface area contributed by atoms with Gasteiger partial charge in [-0.2, -0.15) is 0 Å². The first-order valence-corrected chi connectivity index (χ1v) is 8.16. The van der Waals surface area contributed by atoms with E-state index in [9.17, 15) is 13.2 Å². The summed E-state index contributed by atoms with van der Waals surface area (Å²) >= 11 is 0.673. The Morgan fingerprint density at radius 3 is 2.60 bits per heavy atom. The van der Waals surface area contributed by atoms with Crippen molar-refractivity contribution in [1.29, 1.82) is 0 Å². The molecule has 0 unspecified atom stereocenters. The summed E-state index contributed by atoms with van der Waals surface area (Å²) in [6, 6.07) is 9.11. The molecule has 2 aromatic rings. The van der Waals surface area contributed by atoms with E-state index in [2.05, 4.69) is 9.71 Å². The van der Waals surface area contributed by atoms with E-state index < -0.39 is 10.0 Å². The lowest BCUT2D eigenvalue weighted by Gasteiger charge is -2.07. The average Bonchev–Trinajstić information content (AvgIpc) is 2.76. The molecule has 2 rings (SSSR count). The summed E-state index contributed by atoms with van der Waals surface area (Å²) < 4.78 is 31.7. The van der Waals surface area contributed by atoms with E-state index in [1.165, 1.54) is 0 Å². The number of sulfonamides is 1. The molecular formula is C12H14N2O4S2. The third-order valence-corrected chi connectivity index (χ3v) is 5.50. The molecule has 0 fully saturated rings. The third-order valence-electron chi connectivity index (χ3n) is 2.43. The van der Waals surface area contributed by atoms with Gasteiger partial charge in [0, 0.05) is 12.2 Å². The molecule has 0 amide bonds. The second-order valence-electron chi connectivity index (χ2n) is 3.99. The van der Waals surface area contributed by atoms with Gasteiger partial charge in [0.15, 0.2) is 4.21 Å². The maximum Gasteiger partial charge on any atom is 0.305 e. The number of hydrogen-bond donors (Lipinski definition) is 2. The molecule has 20 heavy (non-hydrogen) atoms. The second kappa shape index (κ2) is 6.21. The largest absolute Gasteiger partial charge is 0.492 e. The van der Waals surface area contributed by atoms with Crippen LogP contribution in [0.3, 0.4) is 0 Å². The van der Waals surface area contributed by atoms with Crippen LogP contribution in [0.4, 0.5) is 0 Å². The highest BCUT2D eigenvalue weighted by Gasteiger charge is 2.19. The number of nitrogens with one attached hydrogen (secondary N) is 2. The van der Waals surface area contributed by atoms with E-state index in [0.717, 1.165) is 0 Å². The van der Waals surface area contributed by atoms with Gasteiger partial charge in [-0.3, -0.25) is 4.79 Å². The maximum absolute atomic E-state index is 12.0.